The lowest BCUT2D eigenvalue weighted by Crippen LogP contribution is -2.41. The van der Waals surface area contributed by atoms with Crippen LogP contribution in [0.5, 0.6) is 0 Å². The standard InChI is InChI=1S/C13H16BrNO/c1-9-6-10(2)8-11(7-9)15-5-3-4-12(14)13(15)16/h6-8,12H,3-5H2,1-2H3. The molecule has 1 heterocycles. The number of hydrogen-bond donors (Lipinski definition) is 0. The van der Waals surface area contributed by atoms with Gasteiger partial charge in [-0.05, 0) is 49.9 Å². The summed E-state index contributed by atoms with van der Waals surface area (Å²) in [6.45, 7) is 4.97. The molecule has 0 spiro atoms. The Bertz CT molecular complexity index is 396. The third kappa shape index (κ3) is 2.29. The van der Waals surface area contributed by atoms with E-state index in [4.69, 9.17) is 0 Å². The Labute approximate surface area is 105 Å². The zero-order chi connectivity index (χ0) is 11.7. The highest BCUT2D eigenvalue weighted by molar-refractivity contribution is 9.10. The lowest BCUT2D eigenvalue weighted by atomic mass is 10.1. The van der Waals surface area contributed by atoms with Gasteiger partial charge in [0, 0.05) is 12.2 Å². The van der Waals surface area contributed by atoms with Crippen molar-refractivity contribution >= 4 is 27.5 Å². The molecule has 0 N–H and O–H groups in total. The normalized spacial score (nSPS) is 21.3. The van der Waals surface area contributed by atoms with Crippen LogP contribution in [0, 0.1) is 13.8 Å². The van der Waals surface area contributed by atoms with Crippen LogP contribution in [-0.2, 0) is 4.79 Å². The summed E-state index contributed by atoms with van der Waals surface area (Å²) >= 11 is 3.44. The Kier molecular flexibility index (Phi) is 3.33. The Morgan fingerprint density at radius 3 is 2.50 bits per heavy atom. The summed E-state index contributed by atoms with van der Waals surface area (Å²) in [4.78, 5) is 13.9. The van der Waals surface area contributed by atoms with Crippen molar-refractivity contribution in [1.82, 2.24) is 0 Å². The highest BCUT2D eigenvalue weighted by atomic mass is 79.9. The van der Waals surface area contributed by atoms with Crippen molar-refractivity contribution in [2.75, 3.05) is 11.4 Å². The topological polar surface area (TPSA) is 20.3 Å². The Morgan fingerprint density at radius 2 is 1.88 bits per heavy atom. The van der Waals surface area contributed by atoms with Crippen molar-refractivity contribution in [3.05, 3.63) is 29.3 Å². The zero-order valence-corrected chi connectivity index (χ0v) is 11.3. The van der Waals surface area contributed by atoms with E-state index in [0.717, 1.165) is 25.1 Å². The SMILES string of the molecule is Cc1cc(C)cc(N2CCCC(Br)C2=O)c1. The molecular weight excluding hydrogens is 266 g/mol. The molecular formula is C13H16BrNO. The Morgan fingerprint density at radius 1 is 1.25 bits per heavy atom. The molecule has 1 unspecified atom stereocenters. The zero-order valence-electron chi connectivity index (χ0n) is 9.66. The van der Waals surface area contributed by atoms with E-state index in [1.165, 1.54) is 11.1 Å². The lowest BCUT2D eigenvalue weighted by Gasteiger charge is -2.30. The van der Waals surface area contributed by atoms with E-state index in [2.05, 4.69) is 48.0 Å². The molecule has 1 aromatic rings. The van der Waals surface area contributed by atoms with E-state index in [-0.39, 0.29) is 10.7 Å². The number of rotatable bonds is 1. The minimum atomic E-state index is -0.0120. The summed E-state index contributed by atoms with van der Waals surface area (Å²) in [6.07, 6.45) is 2.01. The van der Waals surface area contributed by atoms with Crippen LogP contribution in [-0.4, -0.2) is 17.3 Å². The maximum atomic E-state index is 12.0. The molecule has 1 aliphatic heterocycles. The van der Waals surface area contributed by atoms with Crippen molar-refractivity contribution in [3.8, 4) is 0 Å². The first kappa shape index (κ1) is 11.6. The van der Waals surface area contributed by atoms with Gasteiger partial charge in [0.15, 0.2) is 0 Å². The average Bonchev–Trinajstić information content (AvgIpc) is 2.20. The first-order chi connectivity index (χ1) is 7.58. The molecule has 2 rings (SSSR count). The number of aryl methyl sites for hydroxylation is 2. The number of nitrogens with zero attached hydrogens (tertiary/aromatic N) is 1. The first-order valence-corrected chi connectivity index (χ1v) is 6.53. The molecule has 1 fully saturated rings. The molecule has 1 aromatic carbocycles. The third-order valence-electron chi connectivity index (χ3n) is 2.89. The van der Waals surface area contributed by atoms with Gasteiger partial charge in [-0.25, -0.2) is 0 Å². The van der Waals surface area contributed by atoms with Gasteiger partial charge in [-0.15, -0.1) is 0 Å². The van der Waals surface area contributed by atoms with Crippen LogP contribution in [0.1, 0.15) is 24.0 Å². The van der Waals surface area contributed by atoms with Crippen LogP contribution in [0.4, 0.5) is 5.69 Å². The van der Waals surface area contributed by atoms with Crippen LogP contribution in [0.15, 0.2) is 18.2 Å². The number of halogens is 1. The van der Waals surface area contributed by atoms with Crippen LogP contribution < -0.4 is 4.90 Å². The molecule has 86 valence electrons. The number of carbonyl (C=O) groups is 1. The van der Waals surface area contributed by atoms with Gasteiger partial charge in [0.1, 0.15) is 0 Å². The van der Waals surface area contributed by atoms with Gasteiger partial charge in [-0.3, -0.25) is 4.79 Å². The predicted molar refractivity (Wildman–Crippen MR) is 70.2 cm³/mol. The largest absolute Gasteiger partial charge is 0.311 e. The fourth-order valence-corrected chi connectivity index (χ4v) is 2.77. The second-order valence-corrected chi connectivity index (χ2v) is 5.55. The van der Waals surface area contributed by atoms with Gasteiger partial charge >= 0.3 is 0 Å². The summed E-state index contributed by atoms with van der Waals surface area (Å²) in [5, 5.41) is 0. The van der Waals surface area contributed by atoms with Gasteiger partial charge in [0.2, 0.25) is 5.91 Å². The van der Waals surface area contributed by atoms with E-state index in [1.54, 1.807) is 0 Å². The van der Waals surface area contributed by atoms with Gasteiger partial charge in [-0.1, -0.05) is 22.0 Å². The number of alkyl halides is 1. The molecule has 0 bridgehead atoms. The minimum Gasteiger partial charge on any atom is -0.311 e. The quantitative estimate of drug-likeness (QED) is 0.724. The van der Waals surface area contributed by atoms with E-state index < -0.39 is 0 Å². The fourth-order valence-electron chi connectivity index (χ4n) is 2.19. The smallest absolute Gasteiger partial charge is 0.240 e. The van der Waals surface area contributed by atoms with Gasteiger partial charge in [0.25, 0.3) is 0 Å². The fraction of sp³-hybridized carbons (Fsp3) is 0.462. The molecule has 0 aromatic heterocycles. The second kappa shape index (κ2) is 4.58. The molecule has 1 saturated heterocycles. The van der Waals surface area contributed by atoms with Gasteiger partial charge < -0.3 is 4.90 Å². The molecule has 0 radical (unpaired) electrons. The Hall–Kier alpha value is -0.830. The number of amides is 1. The molecule has 1 atom stereocenters. The molecule has 16 heavy (non-hydrogen) atoms. The molecule has 1 aliphatic rings. The monoisotopic (exact) mass is 281 g/mol. The molecule has 1 amide bonds. The third-order valence-corrected chi connectivity index (χ3v) is 3.74. The average molecular weight is 282 g/mol. The number of carbonyl (C=O) groups excluding carboxylic acids is 1. The maximum absolute atomic E-state index is 12.0. The summed E-state index contributed by atoms with van der Waals surface area (Å²) in [5.74, 6) is 0.191. The van der Waals surface area contributed by atoms with E-state index in [1.807, 2.05) is 4.90 Å². The van der Waals surface area contributed by atoms with E-state index in [9.17, 15) is 4.79 Å². The van der Waals surface area contributed by atoms with Crippen LogP contribution in [0.2, 0.25) is 0 Å². The molecule has 0 aliphatic carbocycles. The highest BCUT2D eigenvalue weighted by Crippen LogP contribution is 2.26. The van der Waals surface area contributed by atoms with Crippen LogP contribution in [0.3, 0.4) is 0 Å². The molecule has 0 saturated carbocycles. The second-order valence-electron chi connectivity index (χ2n) is 4.45. The number of anilines is 1. The van der Waals surface area contributed by atoms with Crippen LogP contribution in [0.25, 0.3) is 0 Å². The van der Waals surface area contributed by atoms with Gasteiger partial charge in [0.05, 0.1) is 4.83 Å². The number of piperidine rings is 1. The lowest BCUT2D eigenvalue weighted by molar-refractivity contribution is -0.118. The van der Waals surface area contributed by atoms with Crippen molar-refractivity contribution in [1.29, 1.82) is 0 Å². The van der Waals surface area contributed by atoms with Crippen molar-refractivity contribution in [2.45, 2.75) is 31.5 Å². The molecule has 2 nitrogen and oxygen atoms in total. The van der Waals surface area contributed by atoms with E-state index >= 15 is 0 Å². The van der Waals surface area contributed by atoms with Crippen molar-refractivity contribution in [2.24, 2.45) is 0 Å². The number of benzene rings is 1. The summed E-state index contributed by atoms with van der Waals surface area (Å²) in [6, 6.07) is 6.29. The first-order valence-electron chi connectivity index (χ1n) is 5.61. The van der Waals surface area contributed by atoms with Gasteiger partial charge in [-0.2, -0.15) is 0 Å². The van der Waals surface area contributed by atoms with Crippen molar-refractivity contribution in [3.63, 3.8) is 0 Å². The summed E-state index contributed by atoms with van der Waals surface area (Å²) in [5.41, 5.74) is 3.45. The van der Waals surface area contributed by atoms with E-state index in [0.29, 0.717) is 0 Å². The minimum absolute atomic E-state index is 0.0120. The van der Waals surface area contributed by atoms with Crippen molar-refractivity contribution < 1.29 is 4.79 Å². The Balaban J connectivity index is 2.32. The van der Waals surface area contributed by atoms with Crippen LogP contribution >= 0.6 is 15.9 Å². The maximum Gasteiger partial charge on any atom is 0.240 e. The number of hydrogen-bond acceptors (Lipinski definition) is 1. The summed E-state index contributed by atoms with van der Waals surface area (Å²) < 4.78 is 0. The predicted octanol–water partition coefficient (Wildman–Crippen LogP) is 3.19. The summed E-state index contributed by atoms with van der Waals surface area (Å²) in [7, 11) is 0. The molecule has 3 heteroatoms. The highest BCUT2D eigenvalue weighted by Gasteiger charge is 2.27.